The number of imidazole rings is 1. The summed E-state index contributed by atoms with van der Waals surface area (Å²) in [5.74, 6) is 1.36. The quantitative estimate of drug-likeness (QED) is 0.716. The number of aromatic nitrogens is 2. The van der Waals surface area contributed by atoms with Gasteiger partial charge in [-0.3, -0.25) is 0 Å². The van der Waals surface area contributed by atoms with E-state index in [1.54, 1.807) is 14.2 Å². The van der Waals surface area contributed by atoms with Gasteiger partial charge in [-0.05, 0) is 5.56 Å². The molecule has 0 aliphatic carbocycles. The monoisotopic (exact) mass is 296 g/mol. The Kier molecular flexibility index (Phi) is 4.02. The summed E-state index contributed by atoms with van der Waals surface area (Å²) >= 11 is 0. The number of fused-ring (bicyclic) bond motifs is 1. The summed E-state index contributed by atoms with van der Waals surface area (Å²) in [6.45, 7) is 0.706. The Morgan fingerprint density at radius 3 is 2.41 bits per heavy atom. The van der Waals surface area contributed by atoms with Gasteiger partial charge in [-0.15, -0.1) is 0 Å². The summed E-state index contributed by atoms with van der Waals surface area (Å²) in [5.41, 5.74) is 3.91. The molecule has 0 unspecified atom stereocenters. The van der Waals surface area contributed by atoms with Crippen LogP contribution in [0.15, 0.2) is 42.7 Å². The first-order chi connectivity index (χ1) is 10.7. The van der Waals surface area contributed by atoms with Crippen LogP contribution >= 0.6 is 0 Å². The zero-order chi connectivity index (χ0) is 15.5. The smallest absolute Gasteiger partial charge is 0.304 e. The molecule has 6 heteroatoms. The van der Waals surface area contributed by atoms with Crippen molar-refractivity contribution in [3.05, 3.63) is 48.3 Å². The van der Waals surface area contributed by atoms with Crippen LogP contribution in [0.4, 0.5) is 0 Å². The summed E-state index contributed by atoms with van der Waals surface area (Å²) in [4.78, 5) is 4.42. The van der Waals surface area contributed by atoms with Crippen molar-refractivity contribution in [1.82, 2.24) is 9.55 Å². The highest BCUT2D eigenvalue weighted by Crippen LogP contribution is 2.31. The molecule has 0 amide bonds. The number of ether oxygens (including phenoxy) is 2. The van der Waals surface area contributed by atoms with Crippen LogP contribution in [0, 0.1) is 0 Å². The number of hydrogen-bond acceptors (Lipinski definition) is 4. The lowest BCUT2D eigenvalue weighted by atomic mass is 9.88. The molecule has 0 aliphatic rings. The van der Waals surface area contributed by atoms with E-state index in [0.717, 1.165) is 22.1 Å². The number of methoxy groups -OCH3 is 2. The molecule has 2 aromatic carbocycles. The molecule has 1 N–H and O–H groups in total. The fraction of sp³-hybridized carbons (Fsp3) is 0.188. The first-order valence-electron chi connectivity index (χ1n) is 7.00. The maximum absolute atomic E-state index is 9.09. The third-order valence-corrected chi connectivity index (χ3v) is 3.68. The van der Waals surface area contributed by atoms with E-state index < -0.39 is 0 Å². The highest BCUT2D eigenvalue weighted by Gasteiger charge is 2.10. The summed E-state index contributed by atoms with van der Waals surface area (Å²) < 4.78 is 12.7. The van der Waals surface area contributed by atoms with Gasteiger partial charge >= 0.3 is 7.48 Å². The summed E-state index contributed by atoms with van der Waals surface area (Å²) in [5, 5.41) is 9.09. The third-order valence-electron chi connectivity index (χ3n) is 3.68. The standard InChI is InChI=1S/C16H17BN2O3/c1-21-15-7-13-14(8-16(15)22-2)19(10-18-13)9-11-3-5-12(17-20)6-4-11/h3-8,10,17,20H,9H2,1-2H3. The molecule has 1 heterocycles. The molecule has 3 aromatic rings. The maximum Gasteiger partial charge on any atom is 0.304 e. The fourth-order valence-electron chi connectivity index (χ4n) is 2.46. The van der Waals surface area contributed by atoms with Crippen LogP contribution in [0.25, 0.3) is 11.0 Å². The molecule has 0 saturated carbocycles. The molecule has 0 radical (unpaired) electrons. The average Bonchev–Trinajstić information content (AvgIpc) is 2.96. The van der Waals surface area contributed by atoms with Crippen molar-refractivity contribution in [2.75, 3.05) is 14.2 Å². The number of benzene rings is 2. The average molecular weight is 296 g/mol. The summed E-state index contributed by atoms with van der Waals surface area (Å²) in [6.07, 6.45) is 1.81. The molecule has 112 valence electrons. The normalized spacial score (nSPS) is 10.7. The van der Waals surface area contributed by atoms with E-state index in [0.29, 0.717) is 18.0 Å². The second-order valence-corrected chi connectivity index (χ2v) is 5.04. The van der Waals surface area contributed by atoms with E-state index in [1.807, 2.05) is 42.7 Å². The Bertz CT molecular complexity index is 784. The lowest BCUT2D eigenvalue weighted by molar-refractivity contribution is 0.355. The van der Waals surface area contributed by atoms with Gasteiger partial charge in [0, 0.05) is 18.7 Å². The fourth-order valence-corrected chi connectivity index (χ4v) is 2.46. The Balaban J connectivity index is 1.96. The van der Waals surface area contributed by atoms with Crippen molar-refractivity contribution in [2.45, 2.75) is 6.54 Å². The van der Waals surface area contributed by atoms with Gasteiger partial charge in [0.15, 0.2) is 11.5 Å². The Hall–Kier alpha value is -2.47. The first kappa shape index (κ1) is 14.5. The van der Waals surface area contributed by atoms with Crippen LogP contribution in [0.1, 0.15) is 5.56 Å². The predicted molar refractivity (Wildman–Crippen MR) is 87.4 cm³/mol. The summed E-state index contributed by atoms with van der Waals surface area (Å²) in [7, 11) is 3.30. The first-order valence-corrected chi connectivity index (χ1v) is 7.00. The second kappa shape index (κ2) is 6.11. The Morgan fingerprint density at radius 1 is 1.09 bits per heavy atom. The van der Waals surface area contributed by atoms with Gasteiger partial charge < -0.3 is 19.1 Å². The minimum absolute atomic E-state index is 0.0608. The van der Waals surface area contributed by atoms with Gasteiger partial charge in [-0.25, -0.2) is 4.98 Å². The zero-order valence-electron chi connectivity index (χ0n) is 12.6. The molecule has 0 spiro atoms. The zero-order valence-corrected chi connectivity index (χ0v) is 12.6. The van der Waals surface area contributed by atoms with E-state index in [9.17, 15) is 0 Å². The van der Waals surface area contributed by atoms with Crippen LogP contribution in [-0.2, 0) is 6.54 Å². The van der Waals surface area contributed by atoms with E-state index in [-0.39, 0.29) is 7.48 Å². The van der Waals surface area contributed by atoms with Crippen LogP contribution in [0.3, 0.4) is 0 Å². The minimum Gasteiger partial charge on any atom is -0.493 e. The molecule has 5 nitrogen and oxygen atoms in total. The second-order valence-electron chi connectivity index (χ2n) is 5.04. The molecule has 0 saturated heterocycles. The molecule has 0 atom stereocenters. The topological polar surface area (TPSA) is 56.5 Å². The van der Waals surface area contributed by atoms with Crippen LogP contribution in [-0.4, -0.2) is 36.3 Å². The molecular formula is C16H17BN2O3. The van der Waals surface area contributed by atoms with Crippen molar-refractivity contribution >= 4 is 24.0 Å². The maximum atomic E-state index is 9.09. The largest absolute Gasteiger partial charge is 0.493 e. The van der Waals surface area contributed by atoms with Crippen molar-refractivity contribution < 1.29 is 14.5 Å². The van der Waals surface area contributed by atoms with Crippen molar-refractivity contribution in [2.24, 2.45) is 0 Å². The molecule has 0 bridgehead atoms. The van der Waals surface area contributed by atoms with Crippen molar-refractivity contribution in [3.8, 4) is 11.5 Å². The van der Waals surface area contributed by atoms with E-state index >= 15 is 0 Å². The van der Waals surface area contributed by atoms with Gasteiger partial charge in [-0.1, -0.05) is 29.7 Å². The van der Waals surface area contributed by atoms with Crippen LogP contribution < -0.4 is 14.9 Å². The molecule has 3 rings (SSSR count). The molecule has 0 aliphatic heterocycles. The van der Waals surface area contributed by atoms with Crippen LogP contribution in [0.5, 0.6) is 11.5 Å². The van der Waals surface area contributed by atoms with Gasteiger partial charge in [-0.2, -0.15) is 0 Å². The lowest BCUT2D eigenvalue weighted by Crippen LogP contribution is -2.12. The minimum atomic E-state index is 0.0608. The van der Waals surface area contributed by atoms with Gasteiger partial charge in [0.2, 0.25) is 0 Å². The lowest BCUT2D eigenvalue weighted by Gasteiger charge is -2.09. The number of nitrogens with zero attached hydrogens (tertiary/aromatic N) is 2. The SMILES string of the molecule is COc1cc2ncn(Cc3ccc(BO)cc3)c2cc1OC. The highest BCUT2D eigenvalue weighted by molar-refractivity contribution is 6.45. The molecule has 22 heavy (non-hydrogen) atoms. The van der Waals surface area contributed by atoms with Crippen LogP contribution in [0.2, 0.25) is 0 Å². The molecular weight excluding hydrogens is 279 g/mol. The molecule has 1 aromatic heterocycles. The highest BCUT2D eigenvalue weighted by atomic mass is 16.5. The van der Waals surface area contributed by atoms with Crippen molar-refractivity contribution in [3.63, 3.8) is 0 Å². The Labute approximate surface area is 129 Å². The third kappa shape index (κ3) is 2.65. The molecule has 0 fully saturated rings. The van der Waals surface area contributed by atoms with E-state index in [1.165, 1.54) is 0 Å². The summed E-state index contributed by atoms with van der Waals surface area (Å²) in [6, 6.07) is 11.7. The Morgan fingerprint density at radius 2 is 1.77 bits per heavy atom. The van der Waals surface area contributed by atoms with Gasteiger partial charge in [0.05, 0.1) is 31.6 Å². The van der Waals surface area contributed by atoms with Gasteiger partial charge in [0.1, 0.15) is 0 Å². The van der Waals surface area contributed by atoms with Crippen molar-refractivity contribution in [1.29, 1.82) is 0 Å². The van der Waals surface area contributed by atoms with E-state index in [2.05, 4.69) is 9.55 Å². The predicted octanol–water partition coefficient (Wildman–Crippen LogP) is 1.07. The number of rotatable bonds is 5. The number of hydrogen-bond donors (Lipinski definition) is 1. The van der Waals surface area contributed by atoms with Gasteiger partial charge in [0.25, 0.3) is 0 Å². The van der Waals surface area contributed by atoms with E-state index in [4.69, 9.17) is 14.5 Å².